The first-order valence-corrected chi connectivity index (χ1v) is 3.61. The number of alkyl halides is 3. The van der Waals surface area contributed by atoms with E-state index in [2.05, 4.69) is 4.74 Å². The van der Waals surface area contributed by atoms with E-state index in [1.54, 1.807) is 13.8 Å². The van der Waals surface area contributed by atoms with E-state index in [1.165, 1.54) is 0 Å². The molecular formula is C7H11F3O2. The Labute approximate surface area is 68.7 Å². The molecule has 12 heavy (non-hydrogen) atoms. The number of carbonyl (C=O) groups is 1. The monoisotopic (exact) mass is 184 g/mol. The van der Waals surface area contributed by atoms with Gasteiger partial charge in [0, 0.05) is 0 Å². The minimum Gasteiger partial charge on any atom is -0.462 e. The lowest BCUT2D eigenvalue weighted by atomic mass is 10.3. The third-order valence-corrected chi connectivity index (χ3v) is 1.25. The van der Waals surface area contributed by atoms with Crippen LogP contribution in [0.3, 0.4) is 0 Å². The minimum atomic E-state index is -4.47. The second kappa shape index (κ2) is 4.33. The predicted octanol–water partition coefficient (Wildman–Crippen LogP) is 2.28. The molecule has 0 radical (unpaired) electrons. The predicted molar refractivity (Wildman–Crippen MR) is 36.5 cm³/mol. The van der Waals surface area contributed by atoms with Crippen LogP contribution in [0.5, 0.6) is 0 Å². The van der Waals surface area contributed by atoms with Gasteiger partial charge in [0.1, 0.15) is 6.42 Å². The van der Waals surface area contributed by atoms with Crippen LogP contribution in [-0.4, -0.2) is 18.2 Å². The maximum atomic E-state index is 11.6. The Morgan fingerprint density at radius 3 is 2.33 bits per heavy atom. The number of hydrogen-bond donors (Lipinski definition) is 0. The van der Waals surface area contributed by atoms with Gasteiger partial charge in [-0.3, -0.25) is 4.79 Å². The van der Waals surface area contributed by atoms with Crippen molar-refractivity contribution in [2.45, 2.75) is 39.0 Å². The Morgan fingerprint density at radius 1 is 1.50 bits per heavy atom. The van der Waals surface area contributed by atoms with E-state index in [1.807, 2.05) is 0 Å². The first kappa shape index (κ1) is 11.3. The molecule has 2 nitrogen and oxygen atoms in total. The van der Waals surface area contributed by atoms with Crippen LogP contribution in [0.1, 0.15) is 26.7 Å². The lowest BCUT2D eigenvalue weighted by molar-refractivity contribution is -0.174. The molecule has 0 aliphatic carbocycles. The van der Waals surface area contributed by atoms with E-state index in [0.717, 1.165) is 0 Å². The van der Waals surface area contributed by atoms with E-state index in [0.29, 0.717) is 6.42 Å². The van der Waals surface area contributed by atoms with Crippen LogP contribution in [-0.2, 0) is 9.53 Å². The molecule has 0 aromatic rings. The second-order valence-corrected chi connectivity index (χ2v) is 2.50. The minimum absolute atomic E-state index is 0.445. The molecule has 1 unspecified atom stereocenters. The summed E-state index contributed by atoms with van der Waals surface area (Å²) >= 11 is 0. The fourth-order valence-corrected chi connectivity index (χ4v) is 0.513. The van der Waals surface area contributed by atoms with Gasteiger partial charge in [0.05, 0.1) is 6.10 Å². The highest BCUT2D eigenvalue weighted by atomic mass is 19.4. The Kier molecular flexibility index (Phi) is 4.06. The van der Waals surface area contributed by atoms with Crippen LogP contribution in [0.4, 0.5) is 13.2 Å². The summed E-state index contributed by atoms with van der Waals surface area (Å²) in [6, 6.07) is 0. The number of carbonyl (C=O) groups excluding carboxylic acids is 1. The summed E-state index contributed by atoms with van der Waals surface area (Å²) in [6.45, 7) is 3.28. The standard InChI is InChI=1S/C7H11F3O2/c1-3-5(2)12-6(11)4-7(8,9)10/h5H,3-4H2,1-2H3. The average molecular weight is 184 g/mol. The van der Waals surface area contributed by atoms with Gasteiger partial charge in [-0.2, -0.15) is 13.2 Å². The number of ether oxygens (including phenoxy) is 1. The van der Waals surface area contributed by atoms with Crippen LogP contribution in [0.15, 0.2) is 0 Å². The normalized spacial score (nSPS) is 14.1. The van der Waals surface area contributed by atoms with Gasteiger partial charge >= 0.3 is 12.1 Å². The molecule has 5 heteroatoms. The molecule has 0 fully saturated rings. The third kappa shape index (κ3) is 6.00. The average Bonchev–Trinajstić information content (AvgIpc) is 1.82. The van der Waals surface area contributed by atoms with Crippen LogP contribution in [0.25, 0.3) is 0 Å². The van der Waals surface area contributed by atoms with Gasteiger partial charge in [-0.15, -0.1) is 0 Å². The summed E-state index contributed by atoms with van der Waals surface area (Å²) in [5, 5.41) is 0. The van der Waals surface area contributed by atoms with Crippen LogP contribution >= 0.6 is 0 Å². The molecule has 0 N–H and O–H groups in total. The molecule has 0 saturated carbocycles. The van der Waals surface area contributed by atoms with Gasteiger partial charge in [0.25, 0.3) is 0 Å². The molecule has 0 aliphatic rings. The smallest absolute Gasteiger partial charge is 0.399 e. The number of hydrogen-bond acceptors (Lipinski definition) is 2. The van der Waals surface area contributed by atoms with Crippen LogP contribution in [0, 0.1) is 0 Å². The second-order valence-electron chi connectivity index (χ2n) is 2.50. The van der Waals surface area contributed by atoms with Gasteiger partial charge in [-0.1, -0.05) is 6.92 Å². The summed E-state index contributed by atoms with van der Waals surface area (Å²) in [7, 11) is 0. The van der Waals surface area contributed by atoms with E-state index in [9.17, 15) is 18.0 Å². The number of esters is 1. The van der Waals surface area contributed by atoms with E-state index < -0.39 is 24.7 Å². The first-order valence-electron chi connectivity index (χ1n) is 3.61. The summed E-state index contributed by atoms with van der Waals surface area (Å²) < 4.78 is 39.1. The van der Waals surface area contributed by atoms with E-state index in [4.69, 9.17) is 0 Å². The van der Waals surface area contributed by atoms with Crippen LogP contribution in [0.2, 0.25) is 0 Å². The molecule has 0 amide bonds. The highest BCUT2D eigenvalue weighted by Crippen LogP contribution is 2.20. The molecule has 0 spiro atoms. The summed E-state index contributed by atoms with van der Waals surface area (Å²) in [6.07, 6.45) is -5.90. The fourth-order valence-electron chi connectivity index (χ4n) is 0.513. The lowest BCUT2D eigenvalue weighted by Gasteiger charge is -2.11. The third-order valence-electron chi connectivity index (χ3n) is 1.25. The summed E-state index contributed by atoms with van der Waals surface area (Å²) in [5.74, 6) is -1.21. The first-order chi connectivity index (χ1) is 5.35. The quantitative estimate of drug-likeness (QED) is 0.629. The summed E-state index contributed by atoms with van der Waals surface area (Å²) in [5.41, 5.74) is 0. The van der Waals surface area contributed by atoms with Gasteiger partial charge in [0.2, 0.25) is 0 Å². The molecule has 0 saturated heterocycles. The molecule has 0 aromatic heterocycles. The largest absolute Gasteiger partial charge is 0.462 e. The Balaban J connectivity index is 3.75. The molecule has 0 heterocycles. The Morgan fingerprint density at radius 2 is 2.00 bits per heavy atom. The topological polar surface area (TPSA) is 26.3 Å². The van der Waals surface area contributed by atoms with Crippen molar-refractivity contribution in [2.24, 2.45) is 0 Å². The zero-order valence-electron chi connectivity index (χ0n) is 6.94. The van der Waals surface area contributed by atoms with Crippen molar-refractivity contribution < 1.29 is 22.7 Å². The van der Waals surface area contributed by atoms with Gasteiger partial charge < -0.3 is 4.74 Å². The van der Waals surface area contributed by atoms with E-state index in [-0.39, 0.29) is 0 Å². The molecule has 0 aliphatic heterocycles. The molecule has 0 rings (SSSR count). The molecule has 0 bridgehead atoms. The Hall–Kier alpha value is -0.740. The van der Waals surface area contributed by atoms with Crippen molar-refractivity contribution in [3.8, 4) is 0 Å². The zero-order valence-corrected chi connectivity index (χ0v) is 6.94. The van der Waals surface area contributed by atoms with Crippen molar-refractivity contribution in [1.82, 2.24) is 0 Å². The SMILES string of the molecule is CCC(C)OC(=O)CC(F)(F)F. The molecule has 0 aromatic carbocycles. The fraction of sp³-hybridized carbons (Fsp3) is 0.857. The van der Waals surface area contributed by atoms with Gasteiger partial charge in [0.15, 0.2) is 0 Å². The maximum Gasteiger partial charge on any atom is 0.399 e. The maximum absolute atomic E-state index is 11.6. The van der Waals surface area contributed by atoms with E-state index >= 15 is 0 Å². The van der Waals surface area contributed by atoms with Crippen molar-refractivity contribution >= 4 is 5.97 Å². The summed E-state index contributed by atoms with van der Waals surface area (Å²) in [4.78, 5) is 10.5. The zero-order chi connectivity index (χ0) is 9.78. The highest BCUT2D eigenvalue weighted by Gasteiger charge is 2.32. The number of halogens is 3. The lowest BCUT2D eigenvalue weighted by Crippen LogP contribution is -2.20. The van der Waals surface area contributed by atoms with Crippen molar-refractivity contribution in [3.05, 3.63) is 0 Å². The van der Waals surface area contributed by atoms with Gasteiger partial charge in [-0.05, 0) is 13.3 Å². The van der Waals surface area contributed by atoms with Crippen LogP contribution < -0.4 is 0 Å². The Bertz CT molecular complexity index is 153. The highest BCUT2D eigenvalue weighted by molar-refractivity contribution is 5.70. The van der Waals surface area contributed by atoms with Crippen molar-refractivity contribution in [3.63, 3.8) is 0 Å². The molecule has 72 valence electrons. The molecular weight excluding hydrogens is 173 g/mol. The molecule has 1 atom stereocenters. The number of rotatable bonds is 3. The van der Waals surface area contributed by atoms with Crippen molar-refractivity contribution in [1.29, 1.82) is 0 Å². The van der Waals surface area contributed by atoms with Gasteiger partial charge in [-0.25, -0.2) is 0 Å². The van der Waals surface area contributed by atoms with Crippen molar-refractivity contribution in [2.75, 3.05) is 0 Å².